The van der Waals surface area contributed by atoms with Crippen LogP contribution in [0.25, 0.3) is 0 Å². The molecule has 1 amide bonds. The number of amides is 1. The van der Waals surface area contributed by atoms with Crippen molar-refractivity contribution in [3.63, 3.8) is 0 Å². The predicted molar refractivity (Wildman–Crippen MR) is 58.1 cm³/mol. The van der Waals surface area contributed by atoms with E-state index >= 15 is 0 Å². The van der Waals surface area contributed by atoms with Crippen LogP contribution in [0.4, 0.5) is 4.79 Å². The van der Waals surface area contributed by atoms with Crippen molar-refractivity contribution < 1.29 is 19.4 Å². The van der Waals surface area contributed by atoms with Crippen molar-refractivity contribution in [3.8, 4) is 0 Å². The van der Waals surface area contributed by atoms with Crippen molar-refractivity contribution in [1.82, 2.24) is 5.32 Å². The van der Waals surface area contributed by atoms with E-state index in [0.717, 1.165) is 12.8 Å². The number of aliphatic carboxylic acids is 1. The summed E-state index contributed by atoms with van der Waals surface area (Å²) < 4.78 is 5.10. The Hall–Kier alpha value is -1.26. The molecule has 0 unspecified atom stereocenters. The van der Waals surface area contributed by atoms with Gasteiger partial charge in [-0.2, -0.15) is 0 Å². The fourth-order valence-electron chi connectivity index (χ4n) is 1.69. The van der Waals surface area contributed by atoms with Crippen molar-refractivity contribution in [3.05, 3.63) is 0 Å². The number of alkyl carbamates (subject to hydrolysis) is 1. The molecule has 1 rings (SSSR count). The molecule has 0 spiro atoms. The van der Waals surface area contributed by atoms with Gasteiger partial charge in [0, 0.05) is 6.04 Å². The Labute approximate surface area is 95.2 Å². The lowest BCUT2D eigenvalue weighted by molar-refractivity contribution is -0.139. The van der Waals surface area contributed by atoms with Gasteiger partial charge in [0.2, 0.25) is 0 Å². The highest BCUT2D eigenvalue weighted by molar-refractivity contribution is 5.69. The first-order valence-corrected chi connectivity index (χ1v) is 5.49. The van der Waals surface area contributed by atoms with Crippen LogP contribution in [-0.4, -0.2) is 28.8 Å². The summed E-state index contributed by atoms with van der Waals surface area (Å²) in [7, 11) is 0. The van der Waals surface area contributed by atoms with Crippen LogP contribution in [0.1, 0.15) is 40.0 Å². The minimum atomic E-state index is -0.819. The molecule has 0 bridgehead atoms. The standard InChI is InChI=1S/C11H19NO4/c1-11(2,3)16-10(15)12-8-5-4-7(8)6-9(13)14/h7-8H,4-6H2,1-3H3,(H,12,15)(H,13,14)/t7-,8+/m0/s1. The number of carbonyl (C=O) groups excluding carboxylic acids is 1. The van der Waals surface area contributed by atoms with E-state index in [9.17, 15) is 9.59 Å². The molecule has 0 aliphatic heterocycles. The van der Waals surface area contributed by atoms with Crippen LogP contribution in [-0.2, 0) is 9.53 Å². The molecule has 16 heavy (non-hydrogen) atoms. The molecule has 1 fully saturated rings. The Bertz CT molecular complexity index is 282. The first-order valence-electron chi connectivity index (χ1n) is 5.49. The fraction of sp³-hybridized carbons (Fsp3) is 0.818. The number of carboxylic acid groups (broad SMARTS) is 1. The van der Waals surface area contributed by atoms with Gasteiger partial charge in [-0.1, -0.05) is 0 Å². The number of rotatable bonds is 3. The number of nitrogens with one attached hydrogen (secondary N) is 1. The van der Waals surface area contributed by atoms with Gasteiger partial charge in [0.05, 0.1) is 6.42 Å². The van der Waals surface area contributed by atoms with Gasteiger partial charge in [0.25, 0.3) is 0 Å². The molecule has 1 aliphatic rings. The monoisotopic (exact) mass is 229 g/mol. The van der Waals surface area contributed by atoms with E-state index in [4.69, 9.17) is 9.84 Å². The van der Waals surface area contributed by atoms with Gasteiger partial charge >= 0.3 is 12.1 Å². The van der Waals surface area contributed by atoms with E-state index in [2.05, 4.69) is 5.32 Å². The van der Waals surface area contributed by atoms with Crippen molar-refractivity contribution in [2.24, 2.45) is 5.92 Å². The van der Waals surface area contributed by atoms with Gasteiger partial charge in [0.15, 0.2) is 0 Å². The summed E-state index contributed by atoms with van der Waals surface area (Å²) in [6.07, 6.45) is 1.33. The van der Waals surface area contributed by atoms with Crippen LogP contribution in [0.15, 0.2) is 0 Å². The SMILES string of the molecule is CC(C)(C)OC(=O)N[C@@H]1CC[C@H]1CC(=O)O. The Kier molecular flexibility index (Phi) is 3.78. The molecule has 0 saturated heterocycles. The van der Waals surface area contributed by atoms with Crippen LogP contribution in [0.3, 0.4) is 0 Å². The lowest BCUT2D eigenvalue weighted by Crippen LogP contribution is -2.48. The molecule has 1 aliphatic carbocycles. The number of hydrogen-bond donors (Lipinski definition) is 2. The first-order chi connectivity index (χ1) is 7.28. The maximum absolute atomic E-state index is 11.4. The van der Waals surface area contributed by atoms with Gasteiger partial charge in [-0.15, -0.1) is 0 Å². The van der Waals surface area contributed by atoms with Crippen LogP contribution in [0, 0.1) is 5.92 Å². The normalized spacial score (nSPS) is 24.4. The van der Waals surface area contributed by atoms with Crippen LogP contribution < -0.4 is 5.32 Å². The second-order valence-corrected chi connectivity index (χ2v) is 5.19. The highest BCUT2D eigenvalue weighted by Crippen LogP contribution is 2.30. The minimum absolute atomic E-state index is 0.0463. The Morgan fingerprint density at radius 3 is 2.38 bits per heavy atom. The van der Waals surface area contributed by atoms with E-state index in [-0.39, 0.29) is 18.4 Å². The lowest BCUT2D eigenvalue weighted by atomic mass is 9.77. The molecular formula is C11H19NO4. The molecule has 2 atom stereocenters. The third-order valence-corrected chi connectivity index (χ3v) is 2.56. The third-order valence-electron chi connectivity index (χ3n) is 2.56. The lowest BCUT2D eigenvalue weighted by Gasteiger charge is -2.36. The van der Waals surface area contributed by atoms with Crippen molar-refractivity contribution in [2.75, 3.05) is 0 Å². The van der Waals surface area contributed by atoms with Crippen molar-refractivity contribution >= 4 is 12.1 Å². The molecule has 0 radical (unpaired) electrons. The zero-order valence-electron chi connectivity index (χ0n) is 9.95. The second-order valence-electron chi connectivity index (χ2n) is 5.19. The first kappa shape index (κ1) is 12.8. The van der Waals surface area contributed by atoms with E-state index < -0.39 is 17.7 Å². The molecule has 0 heterocycles. The van der Waals surface area contributed by atoms with Gasteiger partial charge < -0.3 is 15.2 Å². The summed E-state index contributed by atoms with van der Waals surface area (Å²) in [4.78, 5) is 21.9. The quantitative estimate of drug-likeness (QED) is 0.773. The smallest absolute Gasteiger partial charge is 0.407 e. The molecule has 0 aromatic rings. The maximum Gasteiger partial charge on any atom is 0.407 e. The zero-order chi connectivity index (χ0) is 12.3. The number of hydrogen-bond acceptors (Lipinski definition) is 3. The van der Waals surface area contributed by atoms with E-state index in [1.807, 2.05) is 0 Å². The molecule has 0 aromatic heterocycles. The summed E-state index contributed by atoms with van der Waals surface area (Å²) in [5.74, 6) is -0.772. The Balaban J connectivity index is 2.32. The highest BCUT2D eigenvalue weighted by Gasteiger charge is 2.34. The van der Waals surface area contributed by atoms with Gasteiger partial charge in [0.1, 0.15) is 5.60 Å². The number of carbonyl (C=O) groups is 2. The zero-order valence-corrected chi connectivity index (χ0v) is 9.95. The second kappa shape index (κ2) is 4.72. The number of carboxylic acids is 1. The van der Waals surface area contributed by atoms with Crippen LogP contribution in [0.5, 0.6) is 0 Å². The molecule has 5 heteroatoms. The molecule has 0 aromatic carbocycles. The molecule has 92 valence electrons. The molecular weight excluding hydrogens is 210 g/mol. The molecule has 2 N–H and O–H groups in total. The fourth-order valence-corrected chi connectivity index (χ4v) is 1.69. The van der Waals surface area contributed by atoms with Gasteiger partial charge in [-0.25, -0.2) is 4.79 Å². The average Bonchev–Trinajstić information content (AvgIpc) is 2.06. The van der Waals surface area contributed by atoms with E-state index in [0.29, 0.717) is 0 Å². The summed E-state index contributed by atoms with van der Waals surface area (Å²) >= 11 is 0. The largest absolute Gasteiger partial charge is 0.481 e. The summed E-state index contributed by atoms with van der Waals surface area (Å²) in [6, 6.07) is -0.0500. The minimum Gasteiger partial charge on any atom is -0.481 e. The maximum atomic E-state index is 11.4. The molecule has 5 nitrogen and oxygen atoms in total. The van der Waals surface area contributed by atoms with Crippen LogP contribution in [0.2, 0.25) is 0 Å². The summed E-state index contributed by atoms with van der Waals surface area (Å²) in [5, 5.41) is 11.3. The Morgan fingerprint density at radius 1 is 1.38 bits per heavy atom. The van der Waals surface area contributed by atoms with E-state index in [1.165, 1.54) is 0 Å². The Morgan fingerprint density at radius 2 is 2.00 bits per heavy atom. The van der Waals surface area contributed by atoms with Crippen LogP contribution >= 0.6 is 0 Å². The highest BCUT2D eigenvalue weighted by atomic mass is 16.6. The molecule has 1 saturated carbocycles. The third kappa shape index (κ3) is 4.08. The van der Waals surface area contributed by atoms with Gasteiger partial charge in [-0.05, 0) is 39.5 Å². The topological polar surface area (TPSA) is 75.6 Å². The number of ether oxygens (including phenoxy) is 1. The van der Waals surface area contributed by atoms with E-state index in [1.54, 1.807) is 20.8 Å². The van der Waals surface area contributed by atoms with Crippen molar-refractivity contribution in [1.29, 1.82) is 0 Å². The summed E-state index contributed by atoms with van der Waals surface area (Å²) in [6.45, 7) is 5.38. The average molecular weight is 229 g/mol. The predicted octanol–water partition coefficient (Wildman–Crippen LogP) is 1.76. The van der Waals surface area contributed by atoms with Crippen molar-refractivity contribution in [2.45, 2.75) is 51.7 Å². The summed E-state index contributed by atoms with van der Waals surface area (Å²) in [5.41, 5.74) is -0.518. The van der Waals surface area contributed by atoms with Gasteiger partial charge in [-0.3, -0.25) is 4.79 Å².